The second-order valence-electron chi connectivity index (χ2n) is 5.28. The Labute approximate surface area is 149 Å². The summed E-state index contributed by atoms with van der Waals surface area (Å²) in [6.07, 6.45) is 0.677. The van der Waals surface area contributed by atoms with Gasteiger partial charge in [0, 0.05) is 17.0 Å². The predicted molar refractivity (Wildman–Crippen MR) is 93.4 cm³/mol. The van der Waals surface area contributed by atoms with Crippen LogP contribution in [0.4, 0.5) is 0 Å². The second kappa shape index (κ2) is 8.84. The van der Waals surface area contributed by atoms with Gasteiger partial charge in [-0.3, -0.25) is 14.4 Å². The lowest BCUT2D eigenvalue weighted by atomic mass is 10.1. The van der Waals surface area contributed by atoms with Crippen molar-refractivity contribution in [2.24, 2.45) is 5.73 Å². The number of nitrogens with two attached hydrogens (primary N) is 1. The van der Waals surface area contributed by atoms with E-state index < -0.39 is 17.8 Å². The Bertz CT molecular complexity index is 792. The monoisotopic (exact) mass is 360 g/mol. The molecule has 3 N–H and O–H groups in total. The van der Waals surface area contributed by atoms with Gasteiger partial charge < -0.3 is 15.8 Å². The summed E-state index contributed by atoms with van der Waals surface area (Å²) in [4.78, 5) is 34.5. The van der Waals surface area contributed by atoms with Crippen LogP contribution in [0.15, 0.2) is 48.5 Å². The quantitative estimate of drug-likeness (QED) is 0.583. The lowest BCUT2D eigenvalue weighted by Crippen LogP contribution is -2.33. The molecule has 0 saturated heterocycles. The number of hydrogen-bond donors (Lipinski definition) is 2. The number of esters is 1. The number of aryl methyl sites for hydroxylation is 1. The highest BCUT2D eigenvalue weighted by atomic mass is 35.5. The fourth-order valence-electron chi connectivity index (χ4n) is 2.09. The molecule has 0 aliphatic carbocycles. The van der Waals surface area contributed by atoms with E-state index in [9.17, 15) is 14.4 Å². The summed E-state index contributed by atoms with van der Waals surface area (Å²) in [5.74, 6) is -1.29. The van der Waals surface area contributed by atoms with Crippen LogP contribution in [0.25, 0.3) is 0 Å². The third kappa shape index (κ3) is 6.27. The first-order valence-corrected chi connectivity index (χ1v) is 7.93. The van der Waals surface area contributed by atoms with E-state index in [2.05, 4.69) is 5.32 Å². The molecule has 130 valence electrons. The van der Waals surface area contributed by atoms with Gasteiger partial charge in [0.1, 0.15) is 5.75 Å². The highest BCUT2D eigenvalue weighted by Crippen LogP contribution is 2.16. The number of primary amides is 1. The SMILES string of the molecule is NC(=O)CNC(=O)c1cccc(OC(=O)CCc2cccc(Cl)c2)c1. The molecule has 2 aromatic rings. The number of amides is 2. The van der Waals surface area contributed by atoms with Crippen LogP contribution in [0.3, 0.4) is 0 Å². The predicted octanol–water partition coefficient (Wildman–Crippen LogP) is 2.09. The van der Waals surface area contributed by atoms with E-state index in [1.165, 1.54) is 6.07 Å². The van der Waals surface area contributed by atoms with Gasteiger partial charge in [0.05, 0.1) is 6.54 Å². The van der Waals surface area contributed by atoms with Gasteiger partial charge in [-0.25, -0.2) is 0 Å². The van der Waals surface area contributed by atoms with Crippen LogP contribution < -0.4 is 15.8 Å². The minimum absolute atomic E-state index is 0.179. The zero-order chi connectivity index (χ0) is 18.2. The number of hydrogen-bond acceptors (Lipinski definition) is 4. The number of nitrogens with one attached hydrogen (secondary N) is 1. The van der Waals surface area contributed by atoms with Crippen molar-refractivity contribution in [1.82, 2.24) is 5.32 Å². The first-order valence-electron chi connectivity index (χ1n) is 7.56. The van der Waals surface area contributed by atoms with Gasteiger partial charge in [-0.15, -0.1) is 0 Å². The highest BCUT2D eigenvalue weighted by molar-refractivity contribution is 6.30. The molecule has 0 fully saturated rings. The van der Waals surface area contributed by atoms with Crippen LogP contribution in [0.2, 0.25) is 5.02 Å². The van der Waals surface area contributed by atoms with Crippen molar-refractivity contribution < 1.29 is 19.1 Å². The summed E-state index contributed by atoms with van der Waals surface area (Å²) in [5, 5.41) is 2.98. The maximum atomic E-state index is 11.9. The summed E-state index contributed by atoms with van der Waals surface area (Å²) in [6.45, 7) is -0.261. The Morgan fingerprint density at radius 2 is 1.84 bits per heavy atom. The zero-order valence-corrected chi connectivity index (χ0v) is 14.1. The van der Waals surface area contributed by atoms with Crippen molar-refractivity contribution >= 4 is 29.4 Å². The molecule has 6 nitrogen and oxygen atoms in total. The number of benzene rings is 2. The normalized spacial score (nSPS) is 10.1. The average molecular weight is 361 g/mol. The molecule has 0 aliphatic rings. The molecule has 2 rings (SSSR count). The Morgan fingerprint density at radius 1 is 1.08 bits per heavy atom. The van der Waals surface area contributed by atoms with Crippen LogP contribution in [-0.4, -0.2) is 24.3 Å². The van der Waals surface area contributed by atoms with Gasteiger partial charge in [-0.1, -0.05) is 29.8 Å². The van der Waals surface area contributed by atoms with Crippen molar-refractivity contribution in [2.45, 2.75) is 12.8 Å². The lowest BCUT2D eigenvalue weighted by Gasteiger charge is -2.07. The van der Waals surface area contributed by atoms with E-state index in [0.29, 0.717) is 11.4 Å². The Balaban J connectivity index is 1.91. The molecule has 7 heteroatoms. The summed E-state index contributed by atoms with van der Waals surface area (Å²) in [6, 6.07) is 13.4. The van der Waals surface area contributed by atoms with Crippen LogP contribution >= 0.6 is 11.6 Å². The van der Waals surface area contributed by atoms with E-state index >= 15 is 0 Å². The standard InChI is InChI=1S/C18H17ClN2O4/c19-14-5-1-3-12(9-14)7-8-17(23)25-15-6-2-4-13(10-15)18(24)21-11-16(20)22/h1-6,9-10H,7-8,11H2,(H2,20,22)(H,21,24). The average Bonchev–Trinajstić information content (AvgIpc) is 2.58. The summed E-state index contributed by atoms with van der Waals surface area (Å²) < 4.78 is 5.24. The molecule has 0 saturated carbocycles. The number of ether oxygens (including phenoxy) is 1. The van der Waals surface area contributed by atoms with Gasteiger partial charge in [0.25, 0.3) is 5.91 Å². The lowest BCUT2D eigenvalue weighted by molar-refractivity contribution is -0.134. The molecule has 0 aromatic heterocycles. The molecule has 2 amide bonds. The number of rotatable bonds is 7. The topological polar surface area (TPSA) is 98.5 Å². The minimum atomic E-state index is -0.642. The second-order valence-corrected chi connectivity index (χ2v) is 5.72. The maximum Gasteiger partial charge on any atom is 0.311 e. The van der Waals surface area contributed by atoms with Crippen molar-refractivity contribution in [3.8, 4) is 5.75 Å². The van der Waals surface area contributed by atoms with E-state index in [1.807, 2.05) is 12.1 Å². The molecule has 0 aliphatic heterocycles. The maximum absolute atomic E-state index is 11.9. The minimum Gasteiger partial charge on any atom is -0.426 e. The zero-order valence-electron chi connectivity index (χ0n) is 13.3. The largest absolute Gasteiger partial charge is 0.426 e. The van der Waals surface area contributed by atoms with E-state index in [1.54, 1.807) is 30.3 Å². The Hall–Kier alpha value is -2.86. The Morgan fingerprint density at radius 3 is 2.56 bits per heavy atom. The molecule has 0 spiro atoms. The number of halogens is 1. The first kappa shape index (κ1) is 18.5. The molecule has 0 radical (unpaired) electrons. The van der Waals surface area contributed by atoms with E-state index in [4.69, 9.17) is 22.1 Å². The molecule has 2 aromatic carbocycles. The summed E-state index contributed by atoms with van der Waals surface area (Å²) in [7, 11) is 0. The summed E-state index contributed by atoms with van der Waals surface area (Å²) >= 11 is 5.90. The Kier molecular flexibility index (Phi) is 6.54. The van der Waals surface area contributed by atoms with Crippen molar-refractivity contribution in [3.63, 3.8) is 0 Å². The van der Waals surface area contributed by atoms with Crippen LogP contribution in [0.1, 0.15) is 22.3 Å². The number of carbonyl (C=O) groups excluding carboxylic acids is 3. The van der Waals surface area contributed by atoms with Crippen LogP contribution in [-0.2, 0) is 16.0 Å². The highest BCUT2D eigenvalue weighted by Gasteiger charge is 2.10. The van der Waals surface area contributed by atoms with Gasteiger partial charge >= 0.3 is 5.97 Å². The van der Waals surface area contributed by atoms with Gasteiger partial charge in [-0.2, -0.15) is 0 Å². The third-order valence-corrected chi connectivity index (χ3v) is 3.49. The van der Waals surface area contributed by atoms with Crippen molar-refractivity contribution in [3.05, 3.63) is 64.7 Å². The molecule has 0 bridgehead atoms. The summed E-state index contributed by atoms with van der Waals surface area (Å²) in [5.41, 5.74) is 6.17. The van der Waals surface area contributed by atoms with E-state index in [-0.39, 0.29) is 24.3 Å². The van der Waals surface area contributed by atoms with Gasteiger partial charge in [0.15, 0.2) is 0 Å². The molecule has 25 heavy (non-hydrogen) atoms. The van der Waals surface area contributed by atoms with Crippen molar-refractivity contribution in [1.29, 1.82) is 0 Å². The molecule has 0 heterocycles. The number of carbonyl (C=O) groups is 3. The third-order valence-electron chi connectivity index (χ3n) is 3.26. The first-order chi connectivity index (χ1) is 11.9. The van der Waals surface area contributed by atoms with Gasteiger partial charge in [-0.05, 0) is 42.3 Å². The molecular weight excluding hydrogens is 344 g/mol. The fourth-order valence-corrected chi connectivity index (χ4v) is 2.30. The van der Waals surface area contributed by atoms with Crippen LogP contribution in [0.5, 0.6) is 5.75 Å². The smallest absolute Gasteiger partial charge is 0.311 e. The fraction of sp³-hybridized carbons (Fsp3) is 0.167. The van der Waals surface area contributed by atoms with Crippen molar-refractivity contribution in [2.75, 3.05) is 6.54 Å². The molecular formula is C18H17ClN2O4. The molecule has 0 unspecified atom stereocenters. The van der Waals surface area contributed by atoms with Gasteiger partial charge in [0.2, 0.25) is 5.91 Å². The van der Waals surface area contributed by atoms with E-state index in [0.717, 1.165) is 5.56 Å². The van der Waals surface area contributed by atoms with Crippen LogP contribution in [0, 0.1) is 0 Å². The molecule has 0 atom stereocenters.